The lowest BCUT2D eigenvalue weighted by Crippen LogP contribution is -2.17. The molecule has 0 saturated carbocycles. The van der Waals surface area contributed by atoms with E-state index >= 15 is 0 Å². The topological polar surface area (TPSA) is 47.5 Å². The fourth-order valence-corrected chi connectivity index (χ4v) is 2.05. The Morgan fingerprint density at radius 1 is 1.26 bits per heavy atom. The molecule has 2 heterocycles. The maximum absolute atomic E-state index is 5.83. The van der Waals surface area contributed by atoms with Crippen LogP contribution >= 0.6 is 11.6 Å². The molecule has 5 nitrogen and oxygen atoms in total. The highest BCUT2D eigenvalue weighted by Gasteiger charge is 2.14. The molecule has 0 aliphatic carbocycles. The summed E-state index contributed by atoms with van der Waals surface area (Å²) >= 11 is 5.83. The Bertz CT molecular complexity index is 606. The lowest BCUT2D eigenvalue weighted by atomic mass is 10.2. The summed E-state index contributed by atoms with van der Waals surface area (Å²) in [6, 6.07) is 5.88. The van der Waals surface area contributed by atoms with Crippen LogP contribution in [0.25, 0.3) is 0 Å². The van der Waals surface area contributed by atoms with E-state index in [4.69, 9.17) is 21.1 Å². The average molecular weight is 278 g/mol. The normalized spacial score (nSPS) is 12.5. The van der Waals surface area contributed by atoms with Crippen LogP contribution in [-0.2, 0) is 6.54 Å². The molecule has 3 rings (SSSR count). The molecule has 2 aromatic rings. The second-order valence-corrected chi connectivity index (χ2v) is 4.63. The number of hydrogen-bond acceptors (Lipinski definition) is 5. The van der Waals surface area contributed by atoms with Crippen molar-refractivity contribution < 1.29 is 9.47 Å². The van der Waals surface area contributed by atoms with Gasteiger partial charge < -0.3 is 14.4 Å². The molecule has 0 atom stereocenters. The van der Waals surface area contributed by atoms with E-state index in [0.29, 0.717) is 11.7 Å². The molecule has 0 bridgehead atoms. The summed E-state index contributed by atoms with van der Waals surface area (Å²) in [4.78, 5) is 10.2. The van der Waals surface area contributed by atoms with Gasteiger partial charge in [-0.05, 0) is 17.7 Å². The van der Waals surface area contributed by atoms with E-state index in [9.17, 15) is 0 Å². The van der Waals surface area contributed by atoms with Crippen molar-refractivity contribution in [1.29, 1.82) is 0 Å². The van der Waals surface area contributed by atoms with E-state index in [1.807, 2.05) is 30.1 Å². The number of halogens is 1. The third kappa shape index (κ3) is 2.56. The average Bonchev–Trinajstić information content (AvgIpc) is 2.86. The van der Waals surface area contributed by atoms with Crippen LogP contribution in [0.4, 0.5) is 5.82 Å². The summed E-state index contributed by atoms with van der Waals surface area (Å²) in [5.74, 6) is 2.29. The highest BCUT2D eigenvalue weighted by atomic mass is 35.5. The second kappa shape index (κ2) is 4.93. The molecule has 1 aromatic heterocycles. The standard InChI is InChI=1S/C13H12ClN3O2/c1-17(13-6-15-5-12(14)16-13)7-9-2-3-10-11(4-9)19-8-18-10/h2-6H,7-8H2,1H3. The smallest absolute Gasteiger partial charge is 0.231 e. The van der Waals surface area contributed by atoms with Crippen molar-refractivity contribution >= 4 is 17.4 Å². The van der Waals surface area contributed by atoms with Gasteiger partial charge >= 0.3 is 0 Å². The Kier molecular flexibility index (Phi) is 3.13. The van der Waals surface area contributed by atoms with E-state index in [0.717, 1.165) is 22.9 Å². The molecule has 0 unspecified atom stereocenters. The molecule has 6 heteroatoms. The first-order valence-electron chi connectivity index (χ1n) is 5.79. The SMILES string of the molecule is CN(Cc1ccc2c(c1)OCO2)c1cncc(Cl)n1. The molecular formula is C13H12ClN3O2. The largest absolute Gasteiger partial charge is 0.454 e. The minimum atomic E-state index is 0.286. The number of aromatic nitrogens is 2. The number of ether oxygens (including phenoxy) is 2. The van der Waals surface area contributed by atoms with Crippen LogP contribution in [-0.4, -0.2) is 23.8 Å². The maximum atomic E-state index is 5.83. The van der Waals surface area contributed by atoms with E-state index in [2.05, 4.69) is 9.97 Å². The predicted octanol–water partition coefficient (Wildman–Crippen LogP) is 2.50. The number of fused-ring (bicyclic) bond motifs is 1. The zero-order valence-corrected chi connectivity index (χ0v) is 11.1. The summed E-state index contributed by atoms with van der Waals surface area (Å²) in [5, 5.41) is 0.384. The third-order valence-corrected chi connectivity index (χ3v) is 3.02. The van der Waals surface area contributed by atoms with Crippen LogP contribution in [0.1, 0.15) is 5.56 Å². The van der Waals surface area contributed by atoms with Crippen molar-refractivity contribution in [2.45, 2.75) is 6.54 Å². The van der Waals surface area contributed by atoms with Crippen LogP contribution in [0.2, 0.25) is 5.15 Å². The highest BCUT2D eigenvalue weighted by molar-refractivity contribution is 6.29. The van der Waals surface area contributed by atoms with Crippen molar-refractivity contribution in [3.05, 3.63) is 41.3 Å². The molecule has 19 heavy (non-hydrogen) atoms. The molecule has 0 radical (unpaired) electrons. The zero-order valence-electron chi connectivity index (χ0n) is 10.3. The van der Waals surface area contributed by atoms with Gasteiger partial charge in [0.15, 0.2) is 11.5 Å². The Labute approximate surface area is 115 Å². The number of rotatable bonds is 3. The van der Waals surface area contributed by atoms with Gasteiger partial charge in [0.1, 0.15) is 11.0 Å². The molecule has 1 aliphatic rings. The minimum Gasteiger partial charge on any atom is -0.454 e. The van der Waals surface area contributed by atoms with E-state index in [1.54, 1.807) is 6.20 Å². The molecular weight excluding hydrogens is 266 g/mol. The van der Waals surface area contributed by atoms with Crippen molar-refractivity contribution in [3.63, 3.8) is 0 Å². The van der Waals surface area contributed by atoms with E-state index in [-0.39, 0.29) is 6.79 Å². The van der Waals surface area contributed by atoms with Crippen LogP contribution < -0.4 is 14.4 Å². The molecule has 98 valence electrons. The predicted molar refractivity (Wildman–Crippen MR) is 71.7 cm³/mol. The van der Waals surface area contributed by atoms with Crippen molar-refractivity contribution in [3.8, 4) is 11.5 Å². The molecule has 0 N–H and O–H groups in total. The zero-order chi connectivity index (χ0) is 13.2. The first-order chi connectivity index (χ1) is 9.22. The summed E-state index contributed by atoms with van der Waals surface area (Å²) in [7, 11) is 1.94. The lowest BCUT2D eigenvalue weighted by molar-refractivity contribution is 0.174. The fourth-order valence-electron chi connectivity index (χ4n) is 1.91. The Hall–Kier alpha value is -2.01. The number of anilines is 1. The van der Waals surface area contributed by atoms with Gasteiger partial charge in [-0.25, -0.2) is 4.98 Å². The minimum absolute atomic E-state index is 0.286. The maximum Gasteiger partial charge on any atom is 0.231 e. The van der Waals surface area contributed by atoms with E-state index in [1.165, 1.54) is 6.20 Å². The Morgan fingerprint density at radius 3 is 2.95 bits per heavy atom. The summed E-state index contributed by atoms with van der Waals surface area (Å²) < 4.78 is 10.6. The van der Waals surface area contributed by atoms with Gasteiger partial charge in [0.25, 0.3) is 0 Å². The lowest BCUT2D eigenvalue weighted by Gasteiger charge is -2.17. The molecule has 1 aliphatic heterocycles. The van der Waals surface area contributed by atoms with Gasteiger partial charge in [-0.1, -0.05) is 17.7 Å². The number of hydrogen-bond donors (Lipinski definition) is 0. The van der Waals surface area contributed by atoms with Gasteiger partial charge in [0.2, 0.25) is 6.79 Å². The molecule has 1 aromatic carbocycles. The van der Waals surface area contributed by atoms with Gasteiger partial charge in [0, 0.05) is 13.6 Å². The first kappa shape index (κ1) is 12.0. The molecule has 0 spiro atoms. The van der Waals surface area contributed by atoms with Gasteiger partial charge in [-0.3, -0.25) is 4.98 Å². The van der Waals surface area contributed by atoms with Crippen LogP contribution in [0.5, 0.6) is 11.5 Å². The molecule has 0 fully saturated rings. The first-order valence-corrected chi connectivity index (χ1v) is 6.17. The number of nitrogens with zero attached hydrogens (tertiary/aromatic N) is 3. The van der Waals surface area contributed by atoms with Gasteiger partial charge in [-0.2, -0.15) is 0 Å². The molecule has 0 saturated heterocycles. The van der Waals surface area contributed by atoms with Gasteiger partial charge in [-0.15, -0.1) is 0 Å². The van der Waals surface area contributed by atoms with Crippen LogP contribution in [0.15, 0.2) is 30.6 Å². The summed E-state index contributed by atoms with van der Waals surface area (Å²) in [6.07, 6.45) is 3.19. The third-order valence-electron chi connectivity index (χ3n) is 2.84. The summed E-state index contributed by atoms with van der Waals surface area (Å²) in [6.45, 7) is 0.972. The monoisotopic (exact) mass is 277 g/mol. The van der Waals surface area contributed by atoms with Crippen molar-refractivity contribution in [2.24, 2.45) is 0 Å². The highest BCUT2D eigenvalue weighted by Crippen LogP contribution is 2.32. The van der Waals surface area contributed by atoms with Crippen molar-refractivity contribution in [2.75, 3.05) is 18.7 Å². The van der Waals surface area contributed by atoms with Crippen LogP contribution in [0.3, 0.4) is 0 Å². The Morgan fingerprint density at radius 2 is 2.11 bits per heavy atom. The van der Waals surface area contributed by atoms with Crippen molar-refractivity contribution in [1.82, 2.24) is 9.97 Å². The number of benzene rings is 1. The summed E-state index contributed by atoms with van der Waals surface area (Å²) in [5.41, 5.74) is 1.11. The van der Waals surface area contributed by atoms with Crippen LogP contribution in [0, 0.1) is 0 Å². The second-order valence-electron chi connectivity index (χ2n) is 4.24. The van der Waals surface area contributed by atoms with Gasteiger partial charge in [0.05, 0.1) is 12.4 Å². The van der Waals surface area contributed by atoms with E-state index < -0.39 is 0 Å². The Balaban J connectivity index is 1.77. The fraction of sp³-hybridized carbons (Fsp3) is 0.231. The quantitative estimate of drug-likeness (QED) is 0.863. The molecule has 0 amide bonds.